The molecule has 3 rings (SSSR count). The molecule has 0 spiro atoms. The molecule has 2 aliphatic rings. The number of amides is 2. The Hall–Kier alpha value is -1.71. The number of nitrogen functional groups attached to an aromatic ring is 1. The van der Waals surface area contributed by atoms with Gasteiger partial charge in [-0.3, -0.25) is 0 Å². The highest BCUT2D eigenvalue weighted by Crippen LogP contribution is 2.49. The number of anilines is 2. The van der Waals surface area contributed by atoms with Crippen molar-refractivity contribution in [3.8, 4) is 0 Å². The van der Waals surface area contributed by atoms with Crippen molar-refractivity contribution >= 4 is 17.4 Å². The normalized spacial score (nSPS) is 29.1. The number of fused-ring (bicyclic) bond motifs is 2. The number of hydrogen-bond acceptors (Lipinski definition) is 2. The standard InChI is InChI=1S/C16H23N3O/c1-10(15-8-11-5-6-12(15)7-11)18-16(20)19-14-4-2-3-13(17)9-14/h2-4,9-12,15H,5-8,17H2,1H3,(H2,18,19,20). The molecular formula is C16H23N3O. The quantitative estimate of drug-likeness (QED) is 0.740. The average molecular weight is 273 g/mol. The van der Waals surface area contributed by atoms with Crippen LogP contribution in [-0.4, -0.2) is 12.1 Å². The first-order valence-electron chi connectivity index (χ1n) is 7.55. The van der Waals surface area contributed by atoms with Gasteiger partial charge in [0.2, 0.25) is 0 Å². The molecule has 4 atom stereocenters. The van der Waals surface area contributed by atoms with E-state index < -0.39 is 0 Å². The van der Waals surface area contributed by atoms with E-state index in [1.165, 1.54) is 25.7 Å². The van der Waals surface area contributed by atoms with Crippen LogP contribution in [0.5, 0.6) is 0 Å². The van der Waals surface area contributed by atoms with Gasteiger partial charge in [-0.25, -0.2) is 4.79 Å². The van der Waals surface area contributed by atoms with E-state index in [1.807, 2.05) is 12.1 Å². The molecule has 4 N–H and O–H groups in total. The van der Waals surface area contributed by atoms with Gasteiger partial charge in [-0.15, -0.1) is 0 Å². The average Bonchev–Trinajstić information content (AvgIpc) is 3.00. The molecular weight excluding hydrogens is 250 g/mol. The molecule has 0 heterocycles. The molecule has 2 amide bonds. The van der Waals surface area contributed by atoms with E-state index in [4.69, 9.17) is 5.73 Å². The van der Waals surface area contributed by atoms with E-state index in [0.717, 1.165) is 17.5 Å². The van der Waals surface area contributed by atoms with Gasteiger partial charge in [0, 0.05) is 17.4 Å². The molecule has 0 aliphatic heterocycles. The summed E-state index contributed by atoms with van der Waals surface area (Å²) >= 11 is 0. The summed E-state index contributed by atoms with van der Waals surface area (Å²) in [6.07, 6.45) is 5.39. The van der Waals surface area contributed by atoms with Crippen molar-refractivity contribution < 1.29 is 4.79 Å². The van der Waals surface area contributed by atoms with Crippen LogP contribution in [0.4, 0.5) is 16.2 Å². The van der Waals surface area contributed by atoms with Crippen LogP contribution in [0.2, 0.25) is 0 Å². The molecule has 2 saturated carbocycles. The Labute approximate surface area is 120 Å². The molecule has 0 radical (unpaired) electrons. The lowest BCUT2D eigenvalue weighted by molar-refractivity contribution is 0.230. The molecule has 4 nitrogen and oxygen atoms in total. The van der Waals surface area contributed by atoms with E-state index in [1.54, 1.807) is 12.1 Å². The molecule has 2 fully saturated rings. The summed E-state index contributed by atoms with van der Waals surface area (Å²) in [6, 6.07) is 7.36. The second-order valence-corrected chi connectivity index (χ2v) is 6.35. The number of nitrogens with one attached hydrogen (secondary N) is 2. The number of carbonyl (C=O) groups excluding carboxylic acids is 1. The number of rotatable bonds is 3. The summed E-state index contributed by atoms with van der Waals surface area (Å²) in [5.74, 6) is 2.38. The summed E-state index contributed by atoms with van der Waals surface area (Å²) in [4.78, 5) is 12.0. The maximum atomic E-state index is 12.0. The predicted molar refractivity (Wildman–Crippen MR) is 81.4 cm³/mol. The number of benzene rings is 1. The second kappa shape index (κ2) is 5.35. The van der Waals surface area contributed by atoms with Gasteiger partial charge in [-0.1, -0.05) is 12.5 Å². The van der Waals surface area contributed by atoms with E-state index in [9.17, 15) is 4.79 Å². The molecule has 4 heteroatoms. The summed E-state index contributed by atoms with van der Waals surface area (Å²) in [5, 5.41) is 5.93. The Morgan fingerprint density at radius 1 is 1.35 bits per heavy atom. The molecule has 1 aromatic rings. The summed E-state index contributed by atoms with van der Waals surface area (Å²) in [5.41, 5.74) is 7.10. The fourth-order valence-corrected chi connectivity index (χ4v) is 4.00. The molecule has 108 valence electrons. The fourth-order valence-electron chi connectivity index (χ4n) is 4.00. The van der Waals surface area contributed by atoms with Gasteiger partial charge >= 0.3 is 6.03 Å². The van der Waals surface area contributed by atoms with Crippen molar-refractivity contribution in [3.63, 3.8) is 0 Å². The van der Waals surface area contributed by atoms with E-state index >= 15 is 0 Å². The highest BCUT2D eigenvalue weighted by molar-refractivity contribution is 5.89. The lowest BCUT2D eigenvalue weighted by Crippen LogP contribution is -2.42. The first-order chi connectivity index (χ1) is 9.61. The number of hydrogen-bond donors (Lipinski definition) is 3. The van der Waals surface area contributed by atoms with Crippen LogP contribution in [0, 0.1) is 17.8 Å². The fraction of sp³-hybridized carbons (Fsp3) is 0.562. The molecule has 2 aliphatic carbocycles. The van der Waals surface area contributed by atoms with Crippen molar-refractivity contribution in [2.24, 2.45) is 17.8 Å². The third-order valence-corrected chi connectivity index (χ3v) is 4.94. The minimum Gasteiger partial charge on any atom is -0.399 e. The van der Waals surface area contributed by atoms with Crippen LogP contribution in [0.1, 0.15) is 32.6 Å². The minimum absolute atomic E-state index is 0.133. The molecule has 20 heavy (non-hydrogen) atoms. The van der Waals surface area contributed by atoms with Crippen LogP contribution in [0.15, 0.2) is 24.3 Å². The maximum absolute atomic E-state index is 12.0. The summed E-state index contributed by atoms with van der Waals surface area (Å²) in [7, 11) is 0. The Bertz CT molecular complexity index is 502. The second-order valence-electron chi connectivity index (χ2n) is 6.35. The maximum Gasteiger partial charge on any atom is 0.319 e. The Morgan fingerprint density at radius 3 is 2.85 bits per heavy atom. The predicted octanol–water partition coefficient (Wildman–Crippen LogP) is 3.22. The zero-order valence-corrected chi connectivity index (χ0v) is 11.9. The lowest BCUT2D eigenvalue weighted by atomic mass is 9.84. The van der Waals surface area contributed by atoms with Crippen LogP contribution in [0.25, 0.3) is 0 Å². The lowest BCUT2D eigenvalue weighted by Gasteiger charge is -2.28. The third-order valence-electron chi connectivity index (χ3n) is 4.94. The van der Waals surface area contributed by atoms with Crippen molar-refractivity contribution in [2.75, 3.05) is 11.1 Å². The molecule has 4 unspecified atom stereocenters. The highest BCUT2D eigenvalue weighted by Gasteiger charge is 2.42. The van der Waals surface area contributed by atoms with Crippen LogP contribution in [-0.2, 0) is 0 Å². The zero-order valence-electron chi connectivity index (χ0n) is 11.9. The molecule has 1 aromatic carbocycles. The summed E-state index contributed by atoms with van der Waals surface area (Å²) in [6.45, 7) is 2.13. The van der Waals surface area contributed by atoms with Crippen LogP contribution >= 0.6 is 0 Å². The van der Waals surface area contributed by atoms with Crippen molar-refractivity contribution in [2.45, 2.75) is 38.6 Å². The number of carbonyl (C=O) groups is 1. The topological polar surface area (TPSA) is 67.2 Å². The van der Waals surface area contributed by atoms with E-state index in [-0.39, 0.29) is 12.1 Å². The van der Waals surface area contributed by atoms with E-state index in [0.29, 0.717) is 11.6 Å². The Balaban J connectivity index is 1.53. The van der Waals surface area contributed by atoms with Crippen LogP contribution in [0.3, 0.4) is 0 Å². The van der Waals surface area contributed by atoms with Crippen molar-refractivity contribution in [1.82, 2.24) is 5.32 Å². The molecule has 0 saturated heterocycles. The first kappa shape index (κ1) is 13.3. The van der Waals surface area contributed by atoms with Gasteiger partial charge in [-0.2, -0.15) is 0 Å². The largest absolute Gasteiger partial charge is 0.399 e. The summed E-state index contributed by atoms with van der Waals surface area (Å²) < 4.78 is 0. The zero-order chi connectivity index (χ0) is 14.1. The van der Waals surface area contributed by atoms with Gasteiger partial charge in [0.25, 0.3) is 0 Å². The first-order valence-corrected chi connectivity index (χ1v) is 7.55. The van der Waals surface area contributed by atoms with E-state index in [2.05, 4.69) is 17.6 Å². The smallest absolute Gasteiger partial charge is 0.319 e. The van der Waals surface area contributed by atoms with Crippen molar-refractivity contribution in [1.29, 1.82) is 0 Å². The third kappa shape index (κ3) is 2.74. The Morgan fingerprint density at radius 2 is 2.20 bits per heavy atom. The SMILES string of the molecule is CC(NC(=O)Nc1cccc(N)c1)C1CC2CCC1C2. The monoisotopic (exact) mass is 273 g/mol. The van der Waals surface area contributed by atoms with Gasteiger partial charge < -0.3 is 16.4 Å². The van der Waals surface area contributed by atoms with Gasteiger partial charge in [0.15, 0.2) is 0 Å². The van der Waals surface area contributed by atoms with Gasteiger partial charge in [-0.05, 0) is 62.1 Å². The number of urea groups is 1. The highest BCUT2D eigenvalue weighted by atomic mass is 16.2. The van der Waals surface area contributed by atoms with Gasteiger partial charge in [0.1, 0.15) is 0 Å². The Kier molecular flexibility index (Phi) is 3.55. The number of nitrogens with two attached hydrogens (primary N) is 1. The molecule has 2 bridgehead atoms. The van der Waals surface area contributed by atoms with Gasteiger partial charge in [0.05, 0.1) is 0 Å². The molecule has 0 aromatic heterocycles. The van der Waals surface area contributed by atoms with Crippen LogP contribution < -0.4 is 16.4 Å². The van der Waals surface area contributed by atoms with Crippen molar-refractivity contribution in [3.05, 3.63) is 24.3 Å². The minimum atomic E-state index is -0.133.